The van der Waals surface area contributed by atoms with E-state index in [1.807, 2.05) is 72.8 Å². The third kappa shape index (κ3) is 3.75. The summed E-state index contributed by atoms with van der Waals surface area (Å²) in [7, 11) is 0. The van der Waals surface area contributed by atoms with Crippen LogP contribution in [0, 0.1) is 24.5 Å². The van der Waals surface area contributed by atoms with Crippen molar-refractivity contribution in [3.63, 3.8) is 0 Å². The highest BCUT2D eigenvalue weighted by Gasteiger charge is 2.52. The predicted octanol–water partition coefficient (Wildman–Crippen LogP) is 11.3. The Bertz CT molecular complexity index is 2820. The van der Waals surface area contributed by atoms with Gasteiger partial charge in [0.2, 0.25) is 0 Å². The Hall–Kier alpha value is -7.46. The Kier molecular flexibility index (Phi) is 5.89. The predicted molar refractivity (Wildman–Crippen MR) is 201 cm³/mol. The molecule has 2 aliphatic rings. The van der Waals surface area contributed by atoms with Gasteiger partial charge in [-0.25, -0.2) is 14.7 Å². The smallest absolute Gasteiger partial charge is 0.188 e. The molecular weight excluding hydrogens is 625 g/mol. The topological polar surface area (TPSA) is 53.6 Å². The van der Waals surface area contributed by atoms with Gasteiger partial charge in [-0.05, 0) is 93.4 Å². The van der Waals surface area contributed by atoms with Gasteiger partial charge in [-0.15, -0.1) is 0 Å². The van der Waals surface area contributed by atoms with Crippen LogP contribution >= 0.6 is 0 Å². The fourth-order valence-corrected chi connectivity index (χ4v) is 8.46. The molecule has 6 heteroatoms. The first kappa shape index (κ1) is 28.5. The van der Waals surface area contributed by atoms with Gasteiger partial charge in [0.05, 0.1) is 52.6 Å². The van der Waals surface area contributed by atoms with Crippen LogP contribution in [0.2, 0.25) is 0 Å². The zero-order valence-corrected chi connectivity index (χ0v) is 27.0. The number of aromatic nitrogens is 2. The summed E-state index contributed by atoms with van der Waals surface area (Å²) in [5.41, 5.74) is 11.2. The zero-order valence-electron chi connectivity index (χ0n) is 27.0. The van der Waals surface area contributed by atoms with Gasteiger partial charge < -0.3 is 0 Å². The lowest BCUT2D eigenvalue weighted by atomic mass is 9.64. The van der Waals surface area contributed by atoms with Crippen LogP contribution in [0.15, 0.2) is 146 Å². The summed E-state index contributed by atoms with van der Waals surface area (Å²) in [5.74, 6) is 1.52. The molecule has 1 aliphatic heterocycles. The third-order valence-corrected chi connectivity index (χ3v) is 10.4. The van der Waals surface area contributed by atoms with Crippen molar-refractivity contribution in [1.29, 1.82) is 5.26 Å². The van der Waals surface area contributed by atoms with E-state index in [0.717, 1.165) is 78.2 Å². The Morgan fingerprint density at radius 1 is 0.549 bits per heavy atom. The van der Waals surface area contributed by atoms with Crippen LogP contribution in [0.25, 0.3) is 48.4 Å². The van der Waals surface area contributed by atoms with Gasteiger partial charge in [0.1, 0.15) is 11.6 Å². The number of hydrogen-bond acceptors (Lipinski definition) is 3. The van der Waals surface area contributed by atoms with Crippen molar-refractivity contribution in [2.45, 2.75) is 5.41 Å². The van der Waals surface area contributed by atoms with E-state index >= 15 is 0 Å². The van der Waals surface area contributed by atoms with Crippen LogP contribution in [-0.4, -0.2) is 9.55 Å². The Morgan fingerprint density at radius 2 is 1.16 bits per heavy atom. The van der Waals surface area contributed by atoms with E-state index in [-0.39, 0.29) is 0 Å². The van der Waals surface area contributed by atoms with Gasteiger partial charge in [0, 0.05) is 5.39 Å². The normalized spacial score (nSPS) is 13.2. The molecule has 6 nitrogen and oxygen atoms in total. The molecule has 0 unspecified atom stereocenters. The van der Waals surface area contributed by atoms with Crippen LogP contribution in [0.1, 0.15) is 27.8 Å². The van der Waals surface area contributed by atoms with Gasteiger partial charge in [0.25, 0.3) is 0 Å². The van der Waals surface area contributed by atoms with Gasteiger partial charge in [0.15, 0.2) is 11.4 Å². The monoisotopic (exact) mass is 648 g/mol. The van der Waals surface area contributed by atoms with Gasteiger partial charge in [-0.3, -0.25) is 9.47 Å². The molecule has 0 amide bonds. The molecule has 8 aromatic rings. The van der Waals surface area contributed by atoms with Crippen LogP contribution in [0.5, 0.6) is 0 Å². The van der Waals surface area contributed by atoms with E-state index in [1.54, 1.807) is 0 Å². The molecule has 0 fully saturated rings. The molecule has 0 N–H and O–H groups in total. The van der Waals surface area contributed by atoms with Crippen molar-refractivity contribution in [3.8, 4) is 23.0 Å². The first-order valence-electron chi connectivity index (χ1n) is 16.6. The maximum absolute atomic E-state index is 10.1. The first-order valence-corrected chi connectivity index (χ1v) is 16.6. The van der Waals surface area contributed by atoms with E-state index in [9.17, 15) is 5.26 Å². The molecular formula is C45H24N6. The largest absolute Gasteiger partial charge is 0.294 e. The number of hydrogen-bond donors (Lipinski definition) is 0. The summed E-state index contributed by atoms with van der Waals surface area (Å²) in [6, 6.07) is 51.3. The highest BCUT2D eigenvalue weighted by Crippen LogP contribution is 2.63. The van der Waals surface area contributed by atoms with Gasteiger partial charge >= 0.3 is 0 Å². The summed E-state index contributed by atoms with van der Waals surface area (Å²) >= 11 is 0. The minimum Gasteiger partial charge on any atom is -0.294 e. The fourth-order valence-electron chi connectivity index (χ4n) is 8.46. The lowest BCUT2D eigenvalue weighted by Gasteiger charge is -2.44. The highest BCUT2D eigenvalue weighted by molar-refractivity contribution is 6.10. The highest BCUT2D eigenvalue weighted by atomic mass is 15.2. The lowest BCUT2D eigenvalue weighted by Crippen LogP contribution is -2.36. The average molecular weight is 649 g/mol. The molecule has 2 aromatic heterocycles. The van der Waals surface area contributed by atoms with Crippen LogP contribution in [-0.2, 0) is 5.41 Å². The molecule has 1 spiro atoms. The SMILES string of the molecule is [C-]#[N+]c1ccc2c(c1)C1(c3cc(C#N)ccc3-2)c2ccccc2N(c2cccc(-n3c4ccccc4c4cc([N+]#[C-])ccc43)n2)c2ccccc21. The number of nitrogens with zero attached hydrogens (tertiary/aromatic N) is 6. The van der Waals surface area contributed by atoms with Crippen LogP contribution in [0.4, 0.5) is 28.6 Å². The Morgan fingerprint density at radius 3 is 1.90 bits per heavy atom. The molecule has 0 saturated heterocycles. The quantitative estimate of drug-likeness (QED) is 0.175. The summed E-state index contributed by atoms with van der Waals surface area (Å²) in [4.78, 5) is 15.2. The van der Waals surface area contributed by atoms with Crippen molar-refractivity contribution in [2.24, 2.45) is 0 Å². The van der Waals surface area contributed by atoms with Crippen molar-refractivity contribution in [2.75, 3.05) is 4.90 Å². The van der Waals surface area contributed by atoms with E-state index in [4.69, 9.17) is 18.1 Å². The number of para-hydroxylation sites is 3. The molecule has 3 heterocycles. The second kappa shape index (κ2) is 10.5. The zero-order chi connectivity index (χ0) is 34.3. The van der Waals surface area contributed by atoms with E-state index in [2.05, 4.69) is 98.0 Å². The summed E-state index contributed by atoms with van der Waals surface area (Å²) in [6.07, 6.45) is 0. The minimum atomic E-state index is -0.771. The molecule has 1 aliphatic carbocycles. The van der Waals surface area contributed by atoms with Crippen molar-refractivity contribution in [3.05, 3.63) is 196 Å². The minimum absolute atomic E-state index is 0.572. The van der Waals surface area contributed by atoms with Gasteiger partial charge in [-0.2, -0.15) is 5.26 Å². The second-order valence-corrected chi connectivity index (χ2v) is 12.9. The Labute approximate surface area is 294 Å². The van der Waals surface area contributed by atoms with Crippen LogP contribution in [0.3, 0.4) is 0 Å². The number of anilines is 3. The van der Waals surface area contributed by atoms with E-state index < -0.39 is 5.41 Å². The van der Waals surface area contributed by atoms with Crippen molar-refractivity contribution in [1.82, 2.24) is 9.55 Å². The summed E-state index contributed by atoms with van der Waals surface area (Å²) < 4.78 is 2.17. The first-order chi connectivity index (χ1) is 25.1. The van der Waals surface area contributed by atoms with E-state index in [0.29, 0.717) is 16.9 Å². The van der Waals surface area contributed by atoms with Crippen LogP contribution < -0.4 is 4.90 Å². The fraction of sp³-hybridized carbons (Fsp3) is 0.0222. The third-order valence-electron chi connectivity index (χ3n) is 10.4. The molecule has 51 heavy (non-hydrogen) atoms. The molecule has 0 saturated carbocycles. The molecule has 0 atom stereocenters. The second-order valence-electron chi connectivity index (χ2n) is 12.9. The maximum atomic E-state index is 10.1. The number of benzene rings is 6. The number of fused-ring (bicyclic) bond motifs is 12. The molecule has 10 rings (SSSR count). The molecule has 0 radical (unpaired) electrons. The maximum Gasteiger partial charge on any atom is 0.188 e. The Balaban J connectivity index is 1.26. The lowest BCUT2D eigenvalue weighted by molar-refractivity contribution is 0.751. The van der Waals surface area contributed by atoms with Crippen molar-refractivity contribution >= 4 is 50.4 Å². The summed E-state index contributed by atoms with van der Waals surface area (Å²) in [6.45, 7) is 15.5. The summed E-state index contributed by atoms with van der Waals surface area (Å²) in [5, 5.41) is 12.2. The number of nitriles is 1. The van der Waals surface area contributed by atoms with E-state index in [1.165, 1.54) is 0 Å². The molecule has 6 aromatic carbocycles. The number of pyridine rings is 1. The molecule has 234 valence electrons. The standard InChI is InChI=1S/C45H24N6/c1-47-29-20-23-40-34(25-29)33-10-3-6-13-39(33)50(40)43-16-9-17-44(49-43)51-41-14-7-4-11-35(41)45(36-12-5-8-15-42(36)51)37-24-28(27-46)18-21-31(37)32-22-19-30(48-2)26-38(32)45/h3-26H. The average Bonchev–Trinajstić information content (AvgIpc) is 3.67. The van der Waals surface area contributed by atoms with Crippen molar-refractivity contribution < 1.29 is 0 Å². The number of rotatable bonds is 2. The molecule has 0 bridgehead atoms. The van der Waals surface area contributed by atoms with Gasteiger partial charge in [-0.1, -0.05) is 91.0 Å².